The average molecular weight is 690 g/mol. The lowest BCUT2D eigenvalue weighted by Crippen LogP contribution is -2.50. The zero-order chi connectivity index (χ0) is 35.3. The number of methoxy groups -OCH3 is 1. The zero-order valence-corrected chi connectivity index (χ0v) is 28.9. The number of nitrogens with zero attached hydrogens (tertiary/aromatic N) is 6. The van der Waals surface area contributed by atoms with Gasteiger partial charge >= 0.3 is 6.09 Å². The Hall–Kier alpha value is -5.72. The van der Waals surface area contributed by atoms with Crippen LogP contribution in [0.25, 0.3) is 33.6 Å². The molecule has 5 heterocycles. The molecule has 5 aromatic rings. The summed E-state index contributed by atoms with van der Waals surface area (Å²) in [5.41, 5.74) is 5.99. The highest BCUT2D eigenvalue weighted by atomic mass is 16.5. The molecule has 3 amide bonds. The molecule has 2 aliphatic rings. The van der Waals surface area contributed by atoms with Gasteiger partial charge in [-0.1, -0.05) is 55.5 Å². The van der Waals surface area contributed by atoms with Crippen LogP contribution in [0.3, 0.4) is 0 Å². The summed E-state index contributed by atoms with van der Waals surface area (Å²) in [5.74, 6) is 1.56. The van der Waals surface area contributed by atoms with Crippen LogP contribution in [0.5, 0.6) is 0 Å². The molecule has 2 aliphatic heterocycles. The molecule has 3 aromatic heterocycles. The van der Waals surface area contributed by atoms with Gasteiger partial charge in [-0.05, 0) is 60.4 Å². The maximum Gasteiger partial charge on any atom is 0.407 e. The minimum absolute atomic E-state index is 0.0157. The number of H-pyrrole nitrogens is 2. The van der Waals surface area contributed by atoms with E-state index in [1.54, 1.807) is 34.2 Å². The predicted octanol–water partition coefficient (Wildman–Crippen LogP) is 5.88. The van der Waals surface area contributed by atoms with Crippen molar-refractivity contribution < 1.29 is 19.1 Å². The molecule has 0 aliphatic carbocycles. The molecule has 7 rings (SSSR count). The van der Waals surface area contributed by atoms with Gasteiger partial charge in [0.05, 0.1) is 49.5 Å². The molecule has 51 heavy (non-hydrogen) atoms. The van der Waals surface area contributed by atoms with Crippen LogP contribution in [0.15, 0.2) is 79.4 Å². The topological polar surface area (TPSA) is 154 Å². The van der Waals surface area contributed by atoms with Gasteiger partial charge in [0.15, 0.2) is 0 Å². The van der Waals surface area contributed by atoms with Crippen molar-refractivity contribution in [2.24, 2.45) is 0 Å². The van der Waals surface area contributed by atoms with Crippen molar-refractivity contribution in [1.29, 1.82) is 0 Å². The number of aromatic nitrogens is 6. The number of hydrogen-bond donors (Lipinski definition) is 3. The monoisotopic (exact) mass is 689 g/mol. The number of amides is 3. The summed E-state index contributed by atoms with van der Waals surface area (Å²) >= 11 is 0. The van der Waals surface area contributed by atoms with Crippen molar-refractivity contribution >= 4 is 17.9 Å². The molecule has 2 saturated heterocycles. The van der Waals surface area contributed by atoms with E-state index < -0.39 is 12.1 Å². The standard InChI is InChI=1S/C38H43N9O4/c1-3-7-34(48)46-20-4-8-32(46)35-39-22-29(42-35)27-14-10-25(11-15-27)26-12-16-28(17-13-26)30-23-40-36(43-30)33-9-5-21-47(33)37(49)31(44-38(50)51-2)24-45-19-6-18-41-45/h6,10-19,22-23,31-33H,3-5,7-9,20-21,24H2,1-2H3,(H,39,42)(H,40,43)(H,44,50)/t31-,32-,33-/m0/s1. The Morgan fingerprint density at radius 2 is 1.39 bits per heavy atom. The predicted molar refractivity (Wildman–Crippen MR) is 191 cm³/mol. The van der Waals surface area contributed by atoms with Crippen molar-refractivity contribution in [1.82, 2.24) is 44.8 Å². The van der Waals surface area contributed by atoms with Crippen molar-refractivity contribution in [3.63, 3.8) is 0 Å². The van der Waals surface area contributed by atoms with Crippen LogP contribution in [0.1, 0.15) is 69.2 Å². The molecule has 0 unspecified atom stereocenters. The quantitative estimate of drug-likeness (QED) is 0.156. The number of likely N-dealkylation sites (tertiary alicyclic amines) is 2. The molecule has 0 spiro atoms. The van der Waals surface area contributed by atoms with Gasteiger partial charge in [-0.15, -0.1) is 0 Å². The first kappa shape index (κ1) is 33.8. The molecular formula is C38H43N9O4. The smallest absolute Gasteiger partial charge is 0.407 e. The molecule has 0 saturated carbocycles. The minimum Gasteiger partial charge on any atom is -0.453 e. The third-order valence-electron chi connectivity index (χ3n) is 9.82. The highest BCUT2D eigenvalue weighted by Gasteiger charge is 2.37. The normalized spacial score (nSPS) is 17.8. The number of nitrogens with one attached hydrogen (secondary N) is 3. The van der Waals surface area contributed by atoms with E-state index in [1.165, 1.54) is 7.11 Å². The summed E-state index contributed by atoms with van der Waals surface area (Å²) in [6.45, 7) is 3.58. The highest BCUT2D eigenvalue weighted by Crippen LogP contribution is 2.34. The Morgan fingerprint density at radius 3 is 1.92 bits per heavy atom. The van der Waals surface area contributed by atoms with Crippen LogP contribution < -0.4 is 5.32 Å². The Balaban J connectivity index is 1.01. The summed E-state index contributed by atoms with van der Waals surface area (Å²) in [6, 6.07) is 17.4. The molecular weight excluding hydrogens is 646 g/mol. The third-order valence-corrected chi connectivity index (χ3v) is 9.82. The number of rotatable bonds is 11. The summed E-state index contributed by atoms with van der Waals surface area (Å²) in [6.07, 6.45) is 11.3. The van der Waals surface area contributed by atoms with Gasteiger partial charge in [0.25, 0.3) is 0 Å². The number of ether oxygens (including phenoxy) is 1. The van der Waals surface area contributed by atoms with Crippen LogP contribution >= 0.6 is 0 Å². The van der Waals surface area contributed by atoms with Gasteiger partial charge in [-0.25, -0.2) is 14.8 Å². The van der Waals surface area contributed by atoms with E-state index in [1.807, 2.05) is 18.0 Å². The first-order valence-electron chi connectivity index (χ1n) is 17.6. The van der Waals surface area contributed by atoms with Gasteiger partial charge in [-0.2, -0.15) is 5.10 Å². The maximum absolute atomic E-state index is 13.7. The zero-order valence-electron chi connectivity index (χ0n) is 28.9. The Kier molecular flexibility index (Phi) is 9.95. The van der Waals surface area contributed by atoms with Gasteiger partial charge in [0.2, 0.25) is 11.8 Å². The molecule has 0 bridgehead atoms. The molecule has 3 atom stereocenters. The summed E-state index contributed by atoms with van der Waals surface area (Å²) in [5, 5.41) is 6.87. The Bertz CT molecular complexity index is 1950. The van der Waals surface area contributed by atoms with E-state index in [0.717, 1.165) is 78.1 Å². The van der Waals surface area contributed by atoms with E-state index in [4.69, 9.17) is 4.74 Å². The fourth-order valence-electron chi connectivity index (χ4n) is 7.19. The molecule has 264 valence electrons. The van der Waals surface area contributed by atoms with Crippen LogP contribution in [-0.4, -0.2) is 83.7 Å². The number of carbonyl (C=O) groups excluding carboxylic acids is 3. The fourth-order valence-corrected chi connectivity index (χ4v) is 7.19. The second-order valence-electron chi connectivity index (χ2n) is 13.1. The van der Waals surface area contributed by atoms with E-state index in [9.17, 15) is 14.4 Å². The van der Waals surface area contributed by atoms with Gasteiger partial charge in [0, 0.05) is 31.9 Å². The molecule has 13 nitrogen and oxygen atoms in total. The van der Waals surface area contributed by atoms with E-state index in [-0.39, 0.29) is 30.4 Å². The maximum atomic E-state index is 13.7. The van der Waals surface area contributed by atoms with Crippen LogP contribution in [0.2, 0.25) is 0 Å². The first-order chi connectivity index (χ1) is 24.9. The molecule has 2 fully saturated rings. The SMILES string of the molecule is CCCC(=O)N1CCC[C@H]1c1ncc(-c2ccc(-c3ccc(-c4cnc([C@@H]5CCCN5C(=O)[C@H](Cn5cccn5)NC(=O)OC)[nH]4)cc3)cc2)[nH]1. The Labute approximate surface area is 296 Å². The summed E-state index contributed by atoms with van der Waals surface area (Å²) < 4.78 is 6.40. The molecule has 13 heteroatoms. The number of benzene rings is 2. The number of alkyl carbamates (subject to hydrolysis) is 1. The number of hydrogen-bond acceptors (Lipinski definition) is 7. The summed E-state index contributed by atoms with van der Waals surface area (Å²) in [4.78, 5) is 58.4. The Morgan fingerprint density at radius 1 is 0.843 bits per heavy atom. The van der Waals surface area contributed by atoms with Gasteiger partial charge in [0.1, 0.15) is 17.7 Å². The van der Waals surface area contributed by atoms with Crippen molar-refractivity contribution in [2.75, 3.05) is 20.2 Å². The average Bonchev–Trinajstić information content (AvgIpc) is 4.01. The van der Waals surface area contributed by atoms with Crippen LogP contribution in [0, 0.1) is 0 Å². The molecule has 2 aromatic carbocycles. The molecule has 3 N–H and O–H groups in total. The minimum atomic E-state index is -0.837. The second kappa shape index (κ2) is 15.0. The number of aromatic amines is 2. The highest BCUT2D eigenvalue weighted by molar-refractivity contribution is 5.86. The molecule has 0 radical (unpaired) electrons. The van der Waals surface area contributed by atoms with Gasteiger partial charge < -0.3 is 29.8 Å². The first-order valence-corrected chi connectivity index (χ1v) is 17.6. The fraction of sp³-hybridized carbons (Fsp3) is 0.368. The van der Waals surface area contributed by atoms with Crippen molar-refractivity contribution in [3.8, 4) is 33.6 Å². The van der Waals surface area contributed by atoms with Crippen molar-refractivity contribution in [3.05, 3.63) is 91.0 Å². The lowest BCUT2D eigenvalue weighted by Gasteiger charge is -2.28. The number of imidazole rings is 2. The lowest BCUT2D eigenvalue weighted by atomic mass is 10.0. The third kappa shape index (κ3) is 7.28. The van der Waals surface area contributed by atoms with Crippen molar-refractivity contribution in [2.45, 2.75) is 70.1 Å². The second-order valence-corrected chi connectivity index (χ2v) is 13.1. The van der Waals surface area contributed by atoms with E-state index in [0.29, 0.717) is 18.8 Å². The lowest BCUT2D eigenvalue weighted by molar-refractivity contribution is -0.135. The van der Waals surface area contributed by atoms with Crippen LogP contribution in [0.4, 0.5) is 4.79 Å². The summed E-state index contributed by atoms with van der Waals surface area (Å²) in [7, 11) is 1.28. The van der Waals surface area contributed by atoms with E-state index >= 15 is 0 Å². The number of carbonyl (C=O) groups is 3. The van der Waals surface area contributed by atoms with Gasteiger partial charge in [-0.3, -0.25) is 14.3 Å². The largest absolute Gasteiger partial charge is 0.453 e. The van der Waals surface area contributed by atoms with E-state index in [2.05, 4.69) is 78.9 Å². The van der Waals surface area contributed by atoms with Crippen LogP contribution in [-0.2, 0) is 20.9 Å².